The molecule has 0 bridgehead atoms. The zero-order chi connectivity index (χ0) is 18.5. The number of carbonyl (C=O) groups is 1. The zero-order valence-electron chi connectivity index (χ0n) is 15.5. The van der Waals surface area contributed by atoms with Gasteiger partial charge in [0.15, 0.2) is 11.5 Å². The fourth-order valence-corrected chi connectivity index (χ4v) is 3.57. The Kier molecular flexibility index (Phi) is 5.66. The van der Waals surface area contributed by atoms with Gasteiger partial charge in [0.1, 0.15) is 0 Å². The normalized spacial score (nSPS) is 15.7. The fraction of sp³-hybridized carbons (Fsp3) is 0.381. The summed E-state index contributed by atoms with van der Waals surface area (Å²) in [6.07, 6.45) is 3.40. The maximum atomic E-state index is 12.6. The molecule has 0 unspecified atom stereocenters. The van der Waals surface area contributed by atoms with E-state index in [4.69, 9.17) is 14.2 Å². The van der Waals surface area contributed by atoms with Crippen LogP contribution in [0.1, 0.15) is 35.6 Å². The number of ether oxygens (including phenoxy) is 3. The molecule has 1 atom stereocenters. The van der Waals surface area contributed by atoms with Crippen LogP contribution in [0.2, 0.25) is 0 Å². The summed E-state index contributed by atoms with van der Waals surface area (Å²) in [4.78, 5) is 12.6. The molecule has 5 nitrogen and oxygen atoms in total. The Bertz CT molecular complexity index is 762. The number of aryl methyl sites for hydroxylation is 1. The van der Waals surface area contributed by atoms with Gasteiger partial charge >= 0.3 is 0 Å². The van der Waals surface area contributed by atoms with E-state index in [9.17, 15) is 4.79 Å². The van der Waals surface area contributed by atoms with Gasteiger partial charge in [0, 0.05) is 0 Å². The molecule has 0 saturated heterocycles. The average Bonchev–Trinajstić information content (AvgIpc) is 2.67. The van der Waals surface area contributed by atoms with Gasteiger partial charge in [-0.2, -0.15) is 0 Å². The molecule has 0 fully saturated rings. The average molecular weight is 355 g/mol. The Hall–Kier alpha value is -2.69. The Labute approximate surface area is 154 Å². The highest BCUT2D eigenvalue weighted by Crippen LogP contribution is 2.38. The molecule has 1 amide bonds. The number of methoxy groups -OCH3 is 3. The molecule has 1 N–H and O–H groups in total. The standard InChI is InChI=1S/C21H25NO4/c1-24-18-11-14(12-19(25-2)21(18)26-3)13-20(23)22-17-10-6-8-15-7-4-5-9-16(15)17/h4-5,7,9,11-12,17H,6,8,10,13H2,1-3H3,(H,22,23)/t17-/m0/s1. The summed E-state index contributed by atoms with van der Waals surface area (Å²) in [6.45, 7) is 0. The third kappa shape index (κ3) is 3.77. The predicted molar refractivity (Wildman–Crippen MR) is 100 cm³/mol. The Morgan fingerprint density at radius 1 is 1.08 bits per heavy atom. The third-order valence-electron chi connectivity index (χ3n) is 4.79. The lowest BCUT2D eigenvalue weighted by molar-refractivity contribution is -0.121. The van der Waals surface area contributed by atoms with Crippen molar-refractivity contribution in [3.8, 4) is 17.2 Å². The molecule has 2 aromatic rings. The van der Waals surface area contributed by atoms with Crippen LogP contribution in [0.4, 0.5) is 0 Å². The van der Waals surface area contributed by atoms with Gasteiger partial charge in [0.25, 0.3) is 0 Å². The van der Waals surface area contributed by atoms with Crippen LogP contribution in [0, 0.1) is 0 Å². The minimum absolute atomic E-state index is 0.0130. The third-order valence-corrected chi connectivity index (χ3v) is 4.79. The summed E-state index contributed by atoms with van der Waals surface area (Å²) in [6, 6.07) is 12.0. The van der Waals surface area contributed by atoms with Gasteiger partial charge in [-0.3, -0.25) is 4.79 Å². The number of nitrogens with one attached hydrogen (secondary N) is 1. The maximum Gasteiger partial charge on any atom is 0.224 e. The zero-order valence-corrected chi connectivity index (χ0v) is 15.5. The van der Waals surface area contributed by atoms with Crippen LogP contribution in [0.3, 0.4) is 0 Å². The second-order valence-electron chi connectivity index (χ2n) is 6.42. The van der Waals surface area contributed by atoms with Crippen molar-refractivity contribution in [2.24, 2.45) is 0 Å². The first-order valence-electron chi connectivity index (χ1n) is 8.82. The van der Waals surface area contributed by atoms with Crippen LogP contribution < -0.4 is 19.5 Å². The fourth-order valence-electron chi connectivity index (χ4n) is 3.57. The highest BCUT2D eigenvalue weighted by molar-refractivity contribution is 5.79. The smallest absolute Gasteiger partial charge is 0.224 e. The van der Waals surface area contributed by atoms with E-state index in [1.165, 1.54) is 11.1 Å². The summed E-state index contributed by atoms with van der Waals surface area (Å²) < 4.78 is 16.0. The summed E-state index contributed by atoms with van der Waals surface area (Å²) in [5.74, 6) is 1.62. The number of amides is 1. The van der Waals surface area contributed by atoms with E-state index in [1.807, 2.05) is 18.2 Å². The van der Waals surface area contributed by atoms with Crippen LogP contribution in [0.5, 0.6) is 17.2 Å². The quantitative estimate of drug-likeness (QED) is 0.862. The van der Waals surface area contributed by atoms with Crippen LogP contribution in [-0.4, -0.2) is 27.2 Å². The number of rotatable bonds is 6. The minimum Gasteiger partial charge on any atom is -0.493 e. The molecule has 0 aromatic heterocycles. The second-order valence-corrected chi connectivity index (χ2v) is 6.42. The van der Waals surface area contributed by atoms with E-state index in [1.54, 1.807) is 21.3 Å². The van der Waals surface area contributed by atoms with E-state index in [2.05, 4.69) is 23.5 Å². The summed E-state index contributed by atoms with van der Waals surface area (Å²) in [5.41, 5.74) is 3.38. The lowest BCUT2D eigenvalue weighted by atomic mass is 9.87. The first-order valence-corrected chi connectivity index (χ1v) is 8.82. The first kappa shape index (κ1) is 18.1. The topological polar surface area (TPSA) is 56.8 Å². The van der Waals surface area contributed by atoms with Gasteiger partial charge in [-0.15, -0.1) is 0 Å². The van der Waals surface area contributed by atoms with Crippen LogP contribution in [0.15, 0.2) is 36.4 Å². The molecule has 1 aliphatic rings. The monoisotopic (exact) mass is 355 g/mol. The largest absolute Gasteiger partial charge is 0.493 e. The van der Waals surface area contributed by atoms with Crippen molar-refractivity contribution in [3.63, 3.8) is 0 Å². The van der Waals surface area contributed by atoms with E-state index >= 15 is 0 Å². The van der Waals surface area contributed by atoms with Crippen molar-refractivity contribution in [1.82, 2.24) is 5.32 Å². The van der Waals surface area contributed by atoms with Crippen molar-refractivity contribution < 1.29 is 19.0 Å². The lowest BCUT2D eigenvalue weighted by Gasteiger charge is -2.26. The minimum atomic E-state index is -0.0130. The number of hydrogen-bond acceptors (Lipinski definition) is 4. The Morgan fingerprint density at radius 3 is 2.42 bits per heavy atom. The molecule has 0 saturated carbocycles. The molecule has 0 aliphatic heterocycles. The first-order chi connectivity index (χ1) is 12.7. The van der Waals surface area contributed by atoms with E-state index < -0.39 is 0 Å². The molecule has 138 valence electrons. The molecule has 0 spiro atoms. The van der Waals surface area contributed by atoms with Crippen LogP contribution in [0.25, 0.3) is 0 Å². The van der Waals surface area contributed by atoms with Crippen LogP contribution >= 0.6 is 0 Å². The van der Waals surface area contributed by atoms with E-state index in [0.29, 0.717) is 17.2 Å². The summed E-state index contributed by atoms with van der Waals surface area (Å²) >= 11 is 0. The highest BCUT2D eigenvalue weighted by atomic mass is 16.5. The number of benzene rings is 2. The molecule has 2 aromatic carbocycles. The maximum absolute atomic E-state index is 12.6. The van der Waals surface area contributed by atoms with Gasteiger partial charge in [-0.05, 0) is 48.1 Å². The number of hydrogen-bond donors (Lipinski definition) is 1. The lowest BCUT2D eigenvalue weighted by Crippen LogP contribution is -2.32. The molecule has 3 rings (SSSR count). The van der Waals surface area contributed by atoms with Crippen molar-refractivity contribution in [2.75, 3.05) is 21.3 Å². The molecule has 1 aliphatic carbocycles. The Morgan fingerprint density at radius 2 is 1.77 bits per heavy atom. The highest BCUT2D eigenvalue weighted by Gasteiger charge is 2.22. The SMILES string of the molecule is COc1cc(CC(=O)N[C@H]2CCCc3ccccc32)cc(OC)c1OC. The van der Waals surface area contributed by atoms with Gasteiger partial charge in [0.2, 0.25) is 11.7 Å². The van der Waals surface area contributed by atoms with Crippen molar-refractivity contribution >= 4 is 5.91 Å². The Balaban J connectivity index is 1.75. The molecule has 5 heteroatoms. The van der Waals surface area contributed by atoms with Gasteiger partial charge in [0.05, 0.1) is 33.8 Å². The van der Waals surface area contributed by atoms with E-state index in [0.717, 1.165) is 24.8 Å². The summed E-state index contributed by atoms with van der Waals surface area (Å²) in [5, 5.41) is 3.18. The van der Waals surface area contributed by atoms with Gasteiger partial charge < -0.3 is 19.5 Å². The second kappa shape index (κ2) is 8.13. The molecule has 26 heavy (non-hydrogen) atoms. The molecular weight excluding hydrogens is 330 g/mol. The van der Waals surface area contributed by atoms with Crippen molar-refractivity contribution in [3.05, 3.63) is 53.1 Å². The molecule has 0 radical (unpaired) electrons. The van der Waals surface area contributed by atoms with Crippen molar-refractivity contribution in [2.45, 2.75) is 31.7 Å². The molecule has 0 heterocycles. The van der Waals surface area contributed by atoms with Crippen molar-refractivity contribution in [1.29, 1.82) is 0 Å². The number of carbonyl (C=O) groups excluding carboxylic acids is 1. The number of fused-ring (bicyclic) bond motifs is 1. The van der Waals surface area contributed by atoms with Gasteiger partial charge in [-0.25, -0.2) is 0 Å². The van der Waals surface area contributed by atoms with E-state index in [-0.39, 0.29) is 18.4 Å². The predicted octanol–water partition coefficient (Wildman–Crippen LogP) is 3.45. The summed E-state index contributed by atoms with van der Waals surface area (Å²) in [7, 11) is 4.70. The van der Waals surface area contributed by atoms with Gasteiger partial charge in [-0.1, -0.05) is 24.3 Å². The van der Waals surface area contributed by atoms with Crippen LogP contribution in [-0.2, 0) is 17.6 Å². The molecular formula is C21H25NO4.